The van der Waals surface area contributed by atoms with Crippen LogP contribution in [-0.2, 0) is 21.4 Å². The quantitative estimate of drug-likeness (QED) is 0.237. The largest absolute Gasteiger partial charge is 0.494 e. The van der Waals surface area contributed by atoms with Gasteiger partial charge in [0.25, 0.3) is 10.0 Å². The zero-order valence-electron chi connectivity index (χ0n) is 20.9. The summed E-state index contributed by atoms with van der Waals surface area (Å²) in [5.41, 5.74) is 4.18. The van der Waals surface area contributed by atoms with E-state index in [1.807, 2.05) is 56.3 Å². The second kappa shape index (κ2) is 10.8. The number of hydrogen-bond acceptors (Lipinski definition) is 7. The molecule has 0 fully saturated rings. The maximum absolute atomic E-state index is 13.7. The number of carbonyl (C=O) groups is 1. The molecule has 0 saturated carbocycles. The van der Waals surface area contributed by atoms with E-state index in [0.717, 1.165) is 28.6 Å². The summed E-state index contributed by atoms with van der Waals surface area (Å²) in [4.78, 5) is 21.4. The van der Waals surface area contributed by atoms with Crippen LogP contribution in [0, 0.1) is 6.92 Å². The Morgan fingerprint density at radius 3 is 2.53 bits per heavy atom. The van der Waals surface area contributed by atoms with Crippen LogP contribution in [0.1, 0.15) is 18.1 Å². The van der Waals surface area contributed by atoms with Crippen LogP contribution < -0.4 is 14.4 Å². The molecule has 1 aliphatic rings. The number of rotatable bonds is 8. The minimum atomic E-state index is -3.90. The summed E-state index contributed by atoms with van der Waals surface area (Å²) in [6.07, 6.45) is 1.34. The van der Waals surface area contributed by atoms with Crippen molar-refractivity contribution in [2.24, 2.45) is 0 Å². The lowest BCUT2D eigenvalue weighted by atomic mass is 10.1. The number of nitrogens with zero attached hydrogens (tertiary/aromatic N) is 3. The van der Waals surface area contributed by atoms with Crippen molar-refractivity contribution < 1.29 is 17.9 Å². The fourth-order valence-electron chi connectivity index (χ4n) is 4.19. The van der Waals surface area contributed by atoms with Crippen molar-refractivity contribution in [3.05, 3.63) is 90.1 Å². The first-order valence-electron chi connectivity index (χ1n) is 12.1. The third kappa shape index (κ3) is 5.23. The summed E-state index contributed by atoms with van der Waals surface area (Å²) in [7, 11) is -3.90. The van der Waals surface area contributed by atoms with Crippen LogP contribution in [0.3, 0.4) is 0 Å². The highest BCUT2D eigenvalue weighted by molar-refractivity contribution is 7.99. The van der Waals surface area contributed by atoms with Gasteiger partial charge in [0.15, 0.2) is 5.16 Å². The van der Waals surface area contributed by atoms with Crippen LogP contribution in [0.4, 0.5) is 11.4 Å². The summed E-state index contributed by atoms with van der Waals surface area (Å²) < 4.78 is 34.2. The molecule has 2 heterocycles. The van der Waals surface area contributed by atoms with Crippen LogP contribution in [0.15, 0.2) is 89.0 Å². The van der Waals surface area contributed by atoms with E-state index in [9.17, 15) is 13.2 Å². The van der Waals surface area contributed by atoms with Gasteiger partial charge in [0.1, 0.15) is 10.6 Å². The Hall–Kier alpha value is -3.89. The number of amides is 1. The van der Waals surface area contributed by atoms with Crippen LogP contribution in [0.25, 0.3) is 11.3 Å². The van der Waals surface area contributed by atoms with Gasteiger partial charge in [-0.3, -0.25) is 9.10 Å². The lowest BCUT2D eigenvalue weighted by Gasteiger charge is -2.31. The molecule has 0 atom stereocenters. The fraction of sp³-hybridized carbons (Fsp3) is 0.179. The highest BCUT2D eigenvalue weighted by Crippen LogP contribution is 2.43. The molecule has 0 radical (unpaired) electrons. The topological polar surface area (TPSA) is 101 Å². The van der Waals surface area contributed by atoms with Gasteiger partial charge in [0.2, 0.25) is 5.91 Å². The van der Waals surface area contributed by atoms with Gasteiger partial charge in [-0.05, 0) is 55.3 Å². The molecule has 1 aliphatic heterocycles. The third-order valence-corrected chi connectivity index (χ3v) is 8.71. The number of ether oxygens (including phenoxy) is 1. The van der Waals surface area contributed by atoms with Crippen molar-refractivity contribution in [3.8, 4) is 17.0 Å². The van der Waals surface area contributed by atoms with Gasteiger partial charge in [0, 0.05) is 11.3 Å². The van der Waals surface area contributed by atoms with Crippen LogP contribution in [-0.4, -0.2) is 36.7 Å². The maximum atomic E-state index is 13.7. The number of hydrogen-bond donors (Lipinski definition) is 1. The molecule has 0 saturated heterocycles. The summed E-state index contributed by atoms with van der Waals surface area (Å²) >= 11 is 1.14. The number of aromatic nitrogens is 2. The van der Waals surface area contributed by atoms with E-state index in [2.05, 4.69) is 15.3 Å². The molecule has 0 unspecified atom stereocenters. The first-order valence-corrected chi connectivity index (χ1v) is 14.5. The molecule has 3 aromatic carbocycles. The Kier molecular flexibility index (Phi) is 7.35. The van der Waals surface area contributed by atoms with Gasteiger partial charge in [0.05, 0.1) is 36.5 Å². The van der Waals surface area contributed by atoms with Crippen molar-refractivity contribution in [1.82, 2.24) is 9.97 Å². The normalized spacial score (nSPS) is 13.4. The Bertz CT molecular complexity index is 1590. The Morgan fingerprint density at radius 2 is 1.76 bits per heavy atom. The molecule has 1 aromatic heterocycles. The molecule has 1 amide bonds. The molecular formula is C28H26N4O4S2. The lowest BCUT2D eigenvalue weighted by Crippen LogP contribution is -2.34. The Morgan fingerprint density at radius 1 is 1.03 bits per heavy atom. The summed E-state index contributed by atoms with van der Waals surface area (Å²) in [6.45, 7) is 4.64. The Balaban J connectivity index is 1.36. The number of carbonyl (C=O) groups excluding carboxylic acids is 1. The summed E-state index contributed by atoms with van der Waals surface area (Å²) in [5, 5.41) is 3.15. The number of sulfonamides is 1. The average molecular weight is 547 g/mol. The maximum Gasteiger partial charge on any atom is 0.268 e. The van der Waals surface area contributed by atoms with Crippen molar-refractivity contribution >= 4 is 39.1 Å². The number of thioether (sulfide) groups is 1. The molecule has 8 nitrogen and oxygen atoms in total. The predicted molar refractivity (Wildman–Crippen MR) is 149 cm³/mol. The van der Waals surface area contributed by atoms with Gasteiger partial charge < -0.3 is 10.1 Å². The first kappa shape index (κ1) is 25.7. The fourth-order valence-corrected chi connectivity index (χ4v) is 6.35. The highest BCUT2D eigenvalue weighted by Gasteiger charge is 2.36. The van der Waals surface area contributed by atoms with Gasteiger partial charge in [-0.15, -0.1) is 0 Å². The van der Waals surface area contributed by atoms with Gasteiger partial charge in [-0.25, -0.2) is 18.4 Å². The van der Waals surface area contributed by atoms with Gasteiger partial charge in [-0.2, -0.15) is 0 Å². The van der Waals surface area contributed by atoms with Crippen molar-refractivity contribution in [1.29, 1.82) is 0 Å². The number of para-hydroxylation sites is 1. The summed E-state index contributed by atoms with van der Waals surface area (Å²) in [6, 6.07) is 22.1. The van der Waals surface area contributed by atoms with E-state index >= 15 is 0 Å². The number of anilines is 2. The van der Waals surface area contributed by atoms with Crippen LogP contribution >= 0.6 is 11.8 Å². The first-order chi connectivity index (χ1) is 18.4. The number of aryl methyl sites for hydroxylation is 1. The molecule has 194 valence electrons. The molecule has 4 aromatic rings. The molecule has 0 spiro atoms. The van der Waals surface area contributed by atoms with Crippen LogP contribution in [0.5, 0.6) is 5.75 Å². The molecule has 10 heteroatoms. The van der Waals surface area contributed by atoms with E-state index in [-0.39, 0.29) is 23.1 Å². The molecule has 5 rings (SSSR count). The molecule has 38 heavy (non-hydrogen) atoms. The zero-order chi connectivity index (χ0) is 26.7. The standard InChI is InChI=1S/C28H26N4O4S2/c1-3-36-22-14-12-21(13-15-22)30-26(33)18-37-28-29-16-25-27(31-28)23-10-6-7-11-24(23)32(38(25,34)35)17-20-9-5-4-8-19(20)2/h4-16H,3,17-18H2,1-2H3,(H,30,33). The second-order valence-electron chi connectivity index (χ2n) is 8.61. The van der Waals surface area contributed by atoms with E-state index in [4.69, 9.17) is 4.74 Å². The second-order valence-corrected chi connectivity index (χ2v) is 11.4. The minimum absolute atomic E-state index is 0.0490. The van der Waals surface area contributed by atoms with Crippen molar-refractivity contribution in [2.75, 3.05) is 22.0 Å². The van der Waals surface area contributed by atoms with Crippen molar-refractivity contribution in [3.63, 3.8) is 0 Å². The smallest absolute Gasteiger partial charge is 0.268 e. The predicted octanol–water partition coefficient (Wildman–Crippen LogP) is 5.29. The van der Waals surface area contributed by atoms with Crippen LogP contribution in [0.2, 0.25) is 0 Å². The lowest BCUT2D eigenvalue weighted by molar-refractivity contribution is -0.113. The highest BCUT2D eigenvalue weighted by atomic mass is 32.2. The monoisotopic (exact) mass is 546 g/mol. The van der Waals surface area contributed by atoms with E-state index in [0.29, 0.717) is 34.4 Å². The molecule has 0 aliphatic carbocycles. The number of fused-ring (bicyclic) bond motifs is 3. The van der Waals surface area contributed by atoms with E-state index in [1.165, 1.54) is 10.5 Å². The summed E-state index contributed by atoms with van der Waals surface area (Å²) in [5.74, 6) is 0.577. The van der Waals surface area contributed by atoms with Gasteiger partial charge in [-0.1, -0.05) is 54.2 Å². The SMILES string of the molecule is CCOc1ccc(NC(=O)CSc2ncc3c(n2)-c2ccccc2N(Cc2ccccc2C)S3(=O)=O)cc1. The average Bonchev–Trinajstić information content (AvgIpc) is 2.92. The third-order valence-electron chi connectivity index (χ3n) is 6.09. The number of benzene rings is 3. The van der Waals surface area contributed by atoms with Gasteiger partial charge >= 0.3 is 0 Å². The molecular weight excluding hydrogens is 520 g/mol. The van der Waals surface area contributed by atoms with E-state index < -0.39 is 10.0 Å². The van der Waals surface area contributed by atoms with E-state index in [1.54, 1.807) is 30.3 Å². The minimum Gasteiger partial charge on any atom is -0.494 e. The van der Waals surface area contributed by atoms with Crippen molar-refractivity contribution in [2.45, 2.75) is 30.4 Å². The molecule has 1 N–H and O–H groups in total. The Labute approximate surface area is 226 Å². The zero-order valence-corrected chi connectivity index (χ0v) is 22.6. The number of nitrogens with one attached hydrogen (secondary N) is 1. The molecule has 0 bridgehead atoms.